The van der Waals surface area contributed by atoms with Gasteiger partial charge in [-0.3, -0.25) is 4.79 Å². The summed E-state index contributed by atoms with van der Waals surface area (Å²) in [6.07, 6.45) is 1.12. The highest BCUT2D eigenvalue weighted by Gasteiger charge is 2.57. The summed E-state index contributed by atoms with van der Waals surface area (Å²) in [5.41, 5.74) is 2.33. The SMILES string of the molecule is CC1(C)CC(C)(C)C1N1Cc2cc(N=O)ccc2C1=O. The first kappa shape index (κ1) is 13.3. The van der Waals surface area contributed by atoms with E-state index in [1.165, 1.54) is 0 Å². The lowest BCUT2D eigenvalue weighted by Crippen LogP contribution is -2.63. The van der Waals surface area contributed by atoms with Crippen LogP contribution in [0.4, 0.5) is 5.69 Å². The van der Waals surface area contributed by atoms with Gasteiger partial charge >= 0.3 is 0 Å². The third kappa shape index (κ3) is 1.70. The van der Waals surface area contributed by atoms with E-state index in [4.69, 9.17) is 0 Å². The van der Waals surface area contributed by atoms with Gasteiger partial charge in [-0.1, -0.05) is 27.7 Å². The van der Waals surface area contributed by atoms with Gasteiger partial charge in [-0.15, -0.1) is 4.91 Å². The molecule has 1 amide bonds. The highest BCUT2D eigenvalue weighted by Crippen LogP contribution is 2.57. The molecule has 1 fully saturated rings. The van der Waals surface area contributed by atoms with Crippen molar-refractivity contribution in [1.29, 1.82) is 0 Å². The molecule has 4 heteroatoms. The van der Waals surface area contributed by atoms with Crippen molar-refractivity contribution in [1.82, 2.24) is 4.90 Å². The summed E-state index contributed by atoms with van der Waals surface area (Å²) >= 11 is 0. The molecule has 1 saturated carbocycles. The summed E-state index contributed by atoms with van der Waals surface area (Å²) in [6.45, 7) is 9.47. The zero-order valence-electron chi connectivity index (χ0n) is 12.4. The molecule has 106 valence electrons. The van der Waals surface area contributed by atoms with E-state index in [2.05, 4.69) is 32.9 Å². The maximum Gasteiger partial charge on any atom is 0.254 e. The predicted molar refractivity (Wildman–Crippen MR) is 77.7 cm³/mol. The second kappa shape index (κ2) is 3.90. The minimum absolute atomic E-state index is 0.0864. The van der Waals surface area contributed by atoms with Gasteiger partial charge < -0.3 is 4.90 Å². The van der Waals surface area contributed by atoms with Crippen molar-refractivity contribution in [3.05, 3.63) is 34.2 Å². The molecule has 1 aliphatic carbocycles. The van der Waals surface area contributed by atoms with Gasteiger partial charge in [0.25, 0.3) is 5.91 Å². The summed E-state index contributed by atoms with van der Waals surface area (Å²) in [5, 5.41) is 2.95. The molecule has 3 rings (SSSR count). The van der Waals surface area contributed by atoms with E-state index in [-0.39, 0.29) is 22.8 Å². The van der Waals surface area contributed by atoms with Gasteiger partial charge in [-0.2, -0.15) is 0 Å². The molecule has 0 saturated heterocycles. The fourth-order valence-electron chi connectivity index (χ4n) is 4.73. The number of nitroso groups, excluding NO2 is 1. The zero-order valence-corrected chi connectivity index (χ0v) is 12.4. The number of hydrogen-bond donors (Lipinski definition) is 0. The van der Waals surface area contributed by atoms with Gasteiger partial charge in [-0.25, -0.2) is 0 Å². The minimum atomic E-state index is 0.0864. The van der Waals surface area contributed by atoms with Crippen LogP contribution in [0.2, 0.25) is 0 Å². The largest absolute Gasteiger partial charge is 0.330 e. The van der Waals surface area contributed by atoms with Gasteiger partial charge in [0, 0.05) is 18.2 Å². The lowest BCUT2D eigenvalue weighted by molar-refractivity contribution is -0.0989. The van der Waals surface area contributed by atoms with Crippen LogP contribution in [0.1, 0.15) is 50.0 Å². The second-order valence-corrected chi connectivity index (χ2v) is 7.42. The predicted octanol–water partition coefficient (Wildman–Crippen LogP) is 3.87. The van der Waals surface area contributed by atoms with Gasteiger partial charge in [0.05, 0.1) is 0 Å². The Labute approximate surface area is 119 Å². The Bertz CT molecular complexity index is 590. The summed E-state index contributed by atoms with van der Waals surface area (Å²) in [7, 11) is 0. The molecule has 0 radical (unpaired) electrons. The highest BCUT2D eigenvalue weighted by atomic mass is 16.3. The van der Waals surface area contributed by atoms with Crippen LogP contribution in [0.5, 0.6) is 0 Å². The highest BCUT2D eigenvalue weighted by molar-refractivity contribution is 5.99. The standard InChI is InChI=1S/C16H20N2O2/c1-15(2)9-16(3,4)14(15)18-8-10-7-11(17-20)5-6-12(10)13(18)19/h5-7,14H,8-9H2,1-4H3. The summed E-state index contributed by atoms with van der Waals surface area (Å²) < 4.78 is 0. The lowest BCUT2D eigenvalue weighted by Gasteiger charge is -2.60. The lowest BCUT2D eigenvalue weighted by atomic mass is 9.51. The van der Waals surface area contributed by atoms with Crippen LogP contribution < -0.4 is 0 Å². The zero-order chi connectivity index (χ0) is 14.7. The van der Waals surface area contributed by atoms with Gasteiger partial charge in [0.2, 0.25) is 0 Å². The molecular weight excluding hydrogens is 252 g/mol. The average Bonchev–Trinajstić information content (AvgIpc) is 2.63. The Balaban J connectivity index is 1.96. The molecule has 0 N–H and O–H groups in total. The van der Waals surface area contributed by atoms with E-state index in [1.807, 2.05) is 4.90 Å². The molecule has 0 bridgehead atoms. The number of amides is 1. The molecule has 1 aromatic rings. The molecule has 4 nitrogen and oxygen atoms in total. The monoisotopic (exact) mass is 272 g/mol. The smallest absolute Gasteiger partial charge is 0.254 e. The van der Waals surface area contributed by atoms with E-state index >= 15 is 0 Å². The summed E-state index contributed by atoms with van der Waals surface area (Å²) in [6, 6.07) is 5.32. The topological polar surface area (TPSA) is 49.7 Å². The van der Waals surface area contributed by atoms with Crippen molar-refractivity contribution < 1.29 is 4.79 Å². The van der Waals surface area contributed by atoms with Gasteiger partial charge in [-0.05, 0) is 46.2 Å². The van der Waals surface area contributed by atoms with Crippen molar-refractivity contribution in [2.24, 2.45) is 16.0 Å². The van der Waals surface area contributed by atoms with Crippen LogP contribution in [-0.4, -0.2) is 16.8 Å². The van der Waals surface area contributed by atoms with Crippen LogP contribution in [0.25, 0.3) is 0 Å². The molecular formula is C16H20N2O2. The number of rotatable bonds is 2. The average molecular weight is 272 g/mol. The molecule has 0 atom stereocenters. The first-order valence-corrected chi connectivity index (χ1v) is 7.03. The van der Waals surface area contributed by atoms with Gasteiger partial charge in [0.1, 0.15) is 5.69 Å². The Hall–Kier alpha value is -1.71. The first-order valence-electron chi connectivity index (χ1n) is 7.03. The molecule has 0 aromatic heterocycles. The maximum atomic E-state index is 12.6. The molecule has 20 heavy (non-hydrogen) atoms. The van der Waals surface area contributed by atoms with Crippen LogP contribution in [0.15, 0.2) is 23.4 Å². The fraction of sp³-hybridized carbons (Fsp3) is 0.562. The van der Waals surface area contributed by atoms with Crippen molar-refractivity contribution in [3.63, 3.8) is 0 Å². The number of carbonyl (C=O) groups is 1. The molecule has 0 spiro atoms. The Morgan fingerprint density at radius 1 is 1.20 bits per heavy atom. The number of benzene rings is 1. The van der Waals surface area contributed by atoms with Crippen molar-refractivity contribution in [2.75, 3.05) is 0 Å². The number of fused-ring (bicyclic) bond motifs is 1. The maximum absolute atomic E-state index is 12.6. The molecule has 2 aliphatic rings. The first-order chi connectivity index (χ1) is 9.26. The van der Waals surface area contributed by atoms with Crippen LogP contribution in [0, 0.1) is 15.7 Å². The van der Waals surface area contributed by atoms with E-state index in [0.717, 1.165) is 17.5 Å². The van der Waals surface area contributed by atoms with Crippen molar-refractivity contribution >= 4 is 11.6 Å². The Morgan fingerprint density at radius 2 is 1.85 bits per heavy atom. The normalized spacial score (nSPS) is 23.4. The van der Waals surface area contributed by atoms with E-state index in [9.17, 15) is 9.70 Å². The number of carbonyl (C=O) groups excluding carboxylic acids is 1. The third-order valence-corrected chi connectivity index (χ3v) is 4.73. The minimum Gasteiger partial charge on any atom is -0.330 e. The van der Waals surface area contributed by atoms with E-state index in [0.29, 0.717) is 12.2 Å². The van der Waals surface area contributed by atoms with Crippen molar-refractivity contribution in [3.8, 4) is 0 Å². The molecule has 1 heterocycles. The third-order valence-electron chi connectivity index (χ3n) is 4.73. The molecule has 1 aliphatic heterocycles. The molecule has 0 unspecified atom stereocenters. The van der Waals surface area contributed by atoms with Gasteiger partial charge in [0.15, 0.2) is 0 Å². The summed E-state index contributed by atoms with van der Waals surface area (Å²) in [4.78, 5) is 25.2. The number of hydrogen-bond acceptors (Lipinski definition) is 3. The quantitative estimate of drug-likeness (QED) is 0.767. The Kier molecular flexibility index (Phi) is 2.59. The van der Waals surface area contributed by atoms with Crippen LogP contribution in [-0.2, 0) is 6.54 Å². The van der Waals surface area contributed by atoms with E-state index in [1.54, 1.807) is 18.2 Å². The van der Waals surface area contributed by atoms with Crippen LogP contribution in [0.3, 0.4) is 0 Å². The molecule has 1 aromatic carbocycles. The number of nitrogens with zero attached hydrogens (tertiary/aromatic N) is 2. The Morgan fingerprint density at radius 3 is 2.40 bits per heavy atom. The van der Waals surface area contributed by atoms with Crippen molar-refractivity contribution in [2.45, 2.75) is 46.7 Å². The van der Waals surface area contributed by atoms with Crippen LogP contribution >= 0.6 is 0 Å². The second-order valence-electron chi connectivity index (χ2n) is 7.42. The fourth-order valence-corrected chi connectivity index (χ4v) is 4.73. The van der Waals surface area contributed by atoms with E-state index < -0.39 is 0 Å². The summed E-state index contributed by atoms with van der Waals surface area (Å²) in [5.74, 6) is 0.0864.